The van der Waals surface area contributed by atoms with Gasteiger partial charge in [0.25, 0.3) is 5.56 Å². The molecule has 23 heavy (non-hydrogen) atoms. The van der Waals surface area contributed by atoms with Crippen LogP contribution >= 0.6 is 43.2 Å². The average Bonchev–Trinajstić information content (AvgIpc) is 2.99. The number of nitrogens with one attached hydrogen (secondary N) is 1. The smallest absolute Gasteiger partial charge is 0.262 e. The Kier molecular flexibility index (Phi) is 4.93. The summed E-state index contributed by atoms with van der Waals surface area (Å²) in [4.78, 5) is 29.2. The summed E-state index contributed by atoms with van der Waals surface area (Å²) >= 11 is 8.18. The van der Waals surface area contributed by atoms with Gasteiger partial charge in [0.1, 0.15) is 4.83 Å². The number of anilines is 1. The first kappa shape index (κ1) is 16.4. The Morgan fingerprint density at radius 3 is 2.91 bits per heavy atom. The lowest BCUT2D eigenvalue weighted by Crippen LogP contribution is -2.23. The normalized spacial score (nSPS) is 10.9. The van der Waals surface area contributed by atoms with E-state index in [1.165, 1.54) is 22.2 Å². The van der Waals surface area contributed by atoms with E-state index in [1.807, 2.05) is 17.5 Å². The van der Waals surface area contributed by atoms with Crippen LogP contribution in [0.2, 0.25) is 0 Å². The molecule has 0 fully saturated rings. The van der Waals surface area contributed by atoms with Gasteiger partial charge in [0.2, 0.25) is 5.91 Å². The number of carbonyl (C=O) groups excluding carboxylic acids is 1. The fourth-order valence-corrected chi connectivity index (χ4v) is 3.95. The summed E-state index contributed by atoms with van der Waals surface area (Å²) in [5.41, 5.74) is 0.575. The number of hydrogen-bond donors (Lipinski definition) is 1. The summed E-state index contributed by atoms with van der Waals surface area (Å²) in [5, 5.41) is 5.24. The number of aryl methyl sites for hydroxylation is 1. The monoisotopic (exact) mass is 455 g/mol. The van der Waals surface area contributed by atoms with Crippen LogP contribution in [0.3, 0.4) is 0 Å². The first-order chi connectivity index (χ1) is 11.0. The van der Waals surface area contributed by atoms with Crippen LogP contribution in [0.25, 0.3) is 10.2 Å². The maximum absolute atomic E-state index is 12.2. The van der Waals surface area contributed by atoms with Gasteiger partial charge in [0.05, 0.1) is 17.4 Å². The summed E-state index contributed by atoms with van der Waals surface area (Å²) in [6.07, 6.45) is 1.68. The highest BCUT2D eigenvalue weighted by Crippen LogP contribution is 2.26. The molecule has 2 heterocycles. The van der Waals surface area contributed by atoms with Crippen LogP contribution in [0.5, 0.6) is 0 Å². The van der Waals surface area contributed by atoms with Crippen molar-refractivity contribution in [1.29, 1.82) is 0 Å². The minimum Gasteiger partial charge on any atom is -0.325 e. The Morgan fingerprint density at radius 2 is 2.13 bits per heavy atom. The maximum atomic E-state index is 12.2. The SMILES string of the molecule is O=C(CCn1cnc2sccc2c1=O)Nc1ccc(Br)cc1Br. The Morgan fingerprint density at radius 1 is 1.30 bits per heavy atom. The molecular formula is C15H11Br2N3O2S. The van der Waals surface area contributed by atoms with Crippen LogP contribution < -0.4 is 10.9 Å². The Balaban J connectivity index is 1.68. The quantitative estimate of drug-likeness (QED) is 0.644. The number of aromatic nitrogens is 2. The van der Waals surface area contributed by atoms with Crippen molar-refractivity contribution in [3.05, 3.63) is 55.3 Å². The lowest BCUT2D eigenvalue weighted by atomic mass is 10.3. The van der Waals surface area contributed by atoms with Gasteiger partial charge in [-0.3, -0.25) is 14.2 Å². The molecule has 1 N–H and O–H groups in total. The number of hydrogen-bond acceptors (Lipinski definition) is 4. The minimum atomic E-state index is -0.162. The zero-order valence-electron chi connectivity index (χ0n) is 11.8. The van der Waals surface area contributed by atoms with Gasteiger partial charge in [-0.2, -0.15) is 0 Å². The van der Waals surface area contributed by atoms with E-state index in [2.05, 4.69) is 42.2 Å². The average molecular weight is 457 g/mol. The Bertz CT molecular complexity index is 936. The number of halogens is 2. The van der Waals surface area contributed by atoms with Gasteiger partial charge in [-0.05, 0) is 45.6 Å². The third-order valence-electron chi connectivity index (χ3n) is 3.24. The van der Waals surface area contributed by atoms with Crippen molar-refractivity contribution in [2.24, 2.45) is 0 Å². The molecular weight excluding hydrogens is 446 g/mol. The van der Waals surface area contributed by atoms with Gasteiger partial charge in [-0.1, -0.05) is 15.9 Å². The second-order valence-electron chi connectivity index (χ2n) is 4.80. The molecule has 0 atom stereocenters. The van der Waals surface area contributed by atoms with Crippen molar-refractivity contribution >= 4 is 65.0 Å². The highest BCUT2D eigenvalue weighted by atomic mass is 79.9. The van der Waals surface area contributed by atoms with Crippen molar-refractivity contribution in [2.75, 3.05) is 5.32 Å². The molecule has 3 rings (SSSR count). The third kappa shape index (κ3) is 3.70. The predicted molar refractivity (Wildman–Crippen MR) is 99.0 cm³/mol. The van der Waals surface area contributed by atoms with Crippen LogP contribution in [-0.2, 0) is 11.3 Å². The van der Waals surface area contributed by atoms with Gasteiger partial charge in [0, 0.05) is 21.9 Å². The summed E-state index contributed by atoms with van der Waals surface area (Å²) in [7, 11) is 0. The molecule has 0 radical (unpaired) electrons. The van der Waals surface area contributed by atoms with Crippen molar-refractivity contribution < 1.29 is 4.79 Å². The molecule has 0 aliphatic heterocycles. The van der Waals surface area contributed by atoms with E-state index in [0.717, 1.165) is 13.8 Å². The molecule has 1 amide bonds. The van der Waals surface area contributed by atoms with E-state index >= 15 is 0 Å². The first-order valence-electron chi connectivity index (χ1n) is 6.72. The predicted octanol–water partition coefficient (Wildman–Crippen LogP) is 4.01. The Hall–Kier alpha value is -1.51. The lowest BCUT2D eigenvalue weighted by molar-refractivity contribution is -0.116. The number of thiophene rings is 1. The lowest BCUT2D eigenvalue weighted by Gasteiger charge is -2.09. The maximum Gasteiger partial charge on any atom is 0.262 e. The molecule has 2 aromatic heterocycles. The van der Waals surface area contributed by atoms with E-state index in [0.29, 0.717) is 11.1 Å². The molecule has 0 saturated heterocycles. The van der Waals surface area contributed by atoms with E-state index in [1.54, 1.807) is 12.1 Å². The molecule has 1 aromatic carbocycles. The van der Waals surface area contributed by atoms with E-state index in [-0.39, 0.29) is 24.4 Å². The van der Waals surface area contributed by atoms with Crippen LogP contribution in [0.15, 0.2) is 49.7 Å². The second kappa shape index (κ2) is 6.94. The van der Waals surface area contributed by atoms with Crippen molar-refractivity contribution in [2.45, 2.75) is 13.0 Å². The fourth-order valence-electron chi connectivity index (χ4n) is 2.08. The summed E-state index contributed by atoms with van der Waals surface area (Å²) in [6, 6.07) is 7.26. The van der Waals surface area contributed by atoms with E-state index in [4.69, 9.17) is 0 Å². The topological polar surface area (TPSA) is 64.0 Å². The van der Waals surface area contributed by atoms with Crippen molar-refractivity contribution in [3.8, 4) is 0 Å². The highest BCUT2D eigenvalue weighted by Gasteiger charge is 2.09. The molecule has 0 bridgehead atoms. The molecule has 0 aliphatic carbocycles. The minimum absolute atomic E-state index is 0.117. The molecule has 118 valence electrons. The number of nitrogens with zero attached hydrogens (tertiary/aromatic N) is 2. The zero-order valence-corrected chi connectivity index (χ0v) is 15.7. The standard InChI is InChI=1S/C15H11Br2N3O2S/c16-9-1-2-12(11(17)7-9)19-13(21)3-5-20-8-18-14-10(15(20)22)4-6-23-14/h1-2,4,6-8H,3,5H2,(H,19,21). The number of fused-ring (bicyclic) bond motifs is 1. The summed E-state index contributed by atoms with van der Waals surface area (Å²) < 4.78 is 3.17. The Labute approximate surface area is 152 Å². The van der Waals surface area contributed by atoms with Crippen molar-refractivity contribution in [3.63, 3.8) is 0 Å². The molecule has 8 heteroatoms. The van der Waals surface area contributed by atoms with Crippen LogP contribution in [0, 0.1) is 0 Å². The molecule has 0 saturated carbocycles. The van der Waals surface area contributed by atoms with Gasteiger partial charge < -0.3 is 5.32 Å². The van der Waals surface area contributed by atoms with Gasteiger partial charge in [0.15, 0.2) is 0 Å². The number of rotatable bonds is 4. The molecule has 3 aromatic rings. The molecule has 0 aliphatic rings. The highest BCUT2D eigenvalue weighted by molar-refractivity contribution is 9.11. The third-order valence-corrected chi connectivity index (χ3v) is 5.21. The van der Waals surface area contributed by atoms with Crippen LogP contribution in [0.1, 0.15) is 6.42 Å². The van der Waals surface area contributed by atoms with Gasteiger partial charge in [-0.25, -0.2) is 4.98 Å². The zero-order chi connectivity index (χ0) is 16.4. The van der Waals surface area contributed by atoms with E-state index in [9.17, 15) is 9.59 Å². The molecule has 0 unspecified atom stereocenters. The largest absolute Gasteiger partial charge is 0.325 e. The second-order valence-corrected chi connectivity index (χ2v) is 7.47. The number of carbonyl (C=O) groups is 1. The van der Waals surface area contributed by atoms with Crippen LogP contribution in [0.4, 0.5) is 5.69 Å². The van der Waals surface area contributed by atoms with Gasteiger partial charge >= 0.3 is 0 Å². The van der Waals surface area contributed by atoms with Crippen molar-refractivity contribution in [1.82, 2.24) is 9.55 Å². The van der Waals surface area contributed by atoms with E-state index < -0.39 is 0 Å². The number of benzene rings is 1. The molecule has 0 spiro atoms. The number of amides is 1. The summed E-state index contributed by atoms with van der Waals surface area (Å²) in [6.45, 7) is 0.289. The molecule has 5 nitrogen and oxygen atoms in total. The first-order valence-corrected chi connectivity index (χ1v) is 9.19. The summed E-state index contributed by atoms with van der Waals surface area (Å²) in [5.74, 6) is -0.162. The van der Waals surface area contributed by atoms with Crippen LogP contribution in [-0.4, -0.2) is 15.5 Å². The van der Waals surface area contributed by atoms with Gasteiger partial charge in [-0.15, -0.1) is 11.3 Å². The fraction of sp³-hybridized carbons (Fsp3) is 0.133.